The summed E-state index contributed by atoms with van der Waals surface area (Å²) in [4.78, 5) is 0. The third-order valence-electron chi connectivity index (χ3n) is 4.54. The van der Waals surface area contributed by atoms with Crippen LogP contribution in [0.15, 0.2) is 78.9 Å². The summed E-state index contributed by atoms with van der Waals surface area (Å²) < 4.78 is 17.7. The highest BCUT2D eigenvalue weighted by atomic mass is 16.5. The van der Waals surface area contributed by atoms with Crippen LogP contribution in [-0.4, -0.2) is 25.9 Å². The zero-order valence-electron chi connectivity index (χ0n) is 17.1. The van der Waals surface area contributed by atoms with Crippen LogP contribution in [0.4, 0.5) is 5.69 Å². The van der Waals surface area contributed by atoms with Crippen molar-refractivity contribution < 1.29 is 14.2 Å². The number of anilines is 1. The second kappa shape index (κ2) is 11.0. The van der Waals surface area contributed by atoms with Crippen LogP contribution >= 0.6 is 0 Å². The zero-order valence-corrected chi connectivity index (χ0v) is 17.1. The molecule has 1 N–H and O–H groups in total. The molecule has 3 rings (SSSR count). The number of nitrogens with one attached hydrogen (secondary N) is 1. The first-order chi connectivity index (χ1) is 14.2. The van der Waals surface area contributed by atoms with E-state index < -0.39 is 0 Å². The van der Waals surface area contributed by atoms with Crippen molar-refractivity contribution in [2.75, 3.05) is 25.1 Å². The first-order valence-corrected chi connectivity index (χ1v) is 10.1. The minimum absolute atomic E-state index is 0.0761. The van der Waals surface area contributed by atoms with E-state index in [0.717, 1.165) is 29.4 Å². The molecule has 0 saturated carbocycles. The molecule has 4 nitrogen and oxygen atoms in total. The van der Waals surface area contributed by atoms with Gasteiger partial charge >= 0.3 is 0 Å². The summed E-state index contributed by atoms with van der Waals surface area (Å²) in [5, 5.41) is 3.46. The third kappa shape index (κ3) is 6.75. The highest BCUT2D eigenvalue weighted by Crippen LogP contribution is 2.24. The van der Waals surface area contributed by atoms with E-state index in [9.17, 15) is 0 Å². The normalized spacial score (nSPS) is 11.5. The Labute approximate surface area is 173 Å². The van der Waals surface area contributed by atoms with Crippen LogP contribution in [0.3, 0.4) is 0 Å². The van der Waals surface area contributed by atoms with Gasteiger partial charge in [-0.05, 0) is 49.7 Å². The lowest BCUT2D eigenvalue weighted by atomic mass is 10.2. The van der Waals surface area contributed by atoms with Crippen LogP contribution in [0.5, 0.6) is 17.2 Å². The lowest BCUT2D eigenvalue weighted by Crippen LogP contribution is -2.25. The lowest BCUT2D eigenvalue weighted by molar-refractivity contribution is 0.208. The average molecular weight is 392 g/mol. The van der Waals surface area contributed by atoms with E-state index in [1.165, 1.54) is 5.56 Å². The van der Waals surface area contributed by atoms with Gasteiger partial charge in [-0.1, -0.05) is 55.0 Å². The molecule has 0 aliphatic heterocycles. The molecule has 1 atom stereocenters. The van der Waals surface area contributed by atoms with Gasteiger partial charge in [0.1, 0.15) is 36.6 Å². The molecule has 0 saturated heterocycles. The molecule has 0 spiro atoms. The Bertz CT molecular complexity index is 849. The molecule has 3 aromatic carbocycles. The Morgan fingerprint density at radius 3 is 2.21 bits per heavy atom. The number of hydrogen-bond acceptors (Lipinski definition) is 4. The smallest absolute Gasteiger partial charge is 0.142 e. The molecule has 0 unspecified atom stereocenters. The molecule has 0 amide bonds. The number of rotatable bonds is 11. The molecule has 0 radical (unpaired) electrons. The Kier molecular flexibility index (Phi) is 7.81. The van der Waals surface area contributed by atoms with Gasteiger partial charge in [-0.2, -0.15) is 0 Å². The monoisotopic (exact) mass is 391 g/mol. The first kappa shape index (κ1) is 20.6. The molecule has 4 heteroatoms. The number of ether oxygens (including phenoxy) is 3. The lowest BCUT2D eigenvalue weighted by Gasteiger charge is -2.20. The molecule has 0 aliphatic rings. The molecule has 0 bridgehead atoms. The van der Waals surface area contributed by atoms with E-state index in [2.05, 4.69) is 31.3 Å². The van der Waals surface area contributed by atoms with Gasteiger partial charge in [0, 0.05) is 0 Å². The van der Waals surface area contributed by atoms with Gasteiger partial charge in [0.15, 0.2) is 0 Å². The second-order valence-electron chi connectivity index (χ2n) is 6.85. The predicted molar refractivity (Wildman–Crippen MR) is 118 cm³/mol. The largest absolute Gasteiger partial charge is 0.490 e. The van der Waals surface area contributed by atoms with Crippen molar-refractivity contribution in [3.8, 4) is 17.2 Å². The molecule has 152 valence electrons. The van der Waals surface area contributed by atoms with E-state index >= 15 is 0 Å². The maximum atomic E-state index is 6.10. The van der Waals surface area contributed by atoms with E-state index in [0.29, 0.717) is 19.8 Å². The summed E-state index contributed by atoms with van der Waals surface area (Å²) in [6.07, 6.45) is 0.988. The van der Waals surface area contributed by atoms with E-state index in [1.807, 2.05) is 66.7 Å². The van der Waals surface area contributed by atoms with Gasteiger partial charge in [-0.3, -0.25) is 0 Å². The number of benzene rings is 3. The fourth-order valence-corrected chi connectivity index (χ4v) is 2.87. The molecule has 29 heavy (non-hydrogen) atoms. The highest BCUT2D eigenvalue weighted by Gasteiger charge is 2.10. The molecular weight excluding hydrogens is 362 g/mol. The van der Waals surface area contributed by atoms with Gasteiger partial charge in [-0.15, -0.1) is 0 Å². The van der Waals surface area contributed by atoms with Crippen LogP contribution < -0.4 is 19.5 Å². The van der Waals surface area contributed by atoms with E-state index in [1.54, 1.807) is 0 Å². The van der Waals surface area contributed by atoms with Gasteiger partial charge in [0.25, 0.3) is 0 Å². The van der Waals surface area contributed by atoms with Gasteiger partial charge in [0.2, 0.25) is 0 Å². The van der Waals surface area contributed by atoms with Crippen LogP contribution in [-0.2, 0) is 0 Å². The van der Waals surface area contributed by atoms with E-state index in [4.69, 9.17) is 14.2 Å². The SMILES string of the molecule is CC[C@H](CNc1ccccc1OCCOc1ccccc1)Oc1ccc(C)cc1. The molecule has 0 heterocycles. The first-order valence-electron chi connectivity index (χ1n) is 10.1. The minimum Gasteiger partial charge on any atom is -0.490 e. The summed E-state index contributed by atoms with van der Waals surface area (Å²) in [6, 6.07) is 25.9. The van der Waals surface area contributed by atoms with Crippen LogP contribution in [0, 0.1) is 6.92 Å². The van der Waals surface area contributed by atoms with Crippen molar-refractivity contribution in [1.29, 1.82) is 0 Å². The van der Waals surface area contributed by atoms with Gasteiger partial charge in [0.05, 0.1) is 12.2 Å². The van der Waals surface area contributed by atoms with Crippen LogP contribution in [0.1, 0.15) is 18.9 Å². The zero-order chi connectivity index (χ0) is 20.3. The molecule has 3 aromatic rings. The molecule has 0 fully saturated rings. The standard InChI is InChI=1S/C25H29NO3/c1-3-21(29-23-15-13-20(2)14-16-23)19-26-24-11-7-8-12-25(24)28-18-17-27-22-9-5-4-6-10-22/h4-16,21,26H,3,17-19H2,1-2H3/t21-/m1/s1. The summed E-state index contributed by atoms with van der Waals surface area (Å²) in [6.45, 7) is 5.87. The Morgan fingerprint density at radius 1 is 0.759 bits per heavy atom. The van der Waals surface area contributed by atoms with Gasteiger partial charge < -0.3 is 19.5 Å². The van der Waals surface area contributed by atoms with Crippen LogP contribution in [0.25, 0.3) is 0 Å². The van der Waals surface area contributed by atoms with Crippen molar-refractivity contribution in [2.45, 2.75) is 26.4 Å². The Balaban J connectivity index is 1.49. The van der Waals surface area contributed by atoms with Crippen molar-refractivity contribution >= 4 is 5.69 Å². The maximum Gasteiger partial charge on any atom is 0.142 e. The Morgan fingerprint density at radius 2 is 1.45 bits per heavy atom. The fraction of sp³-hybridized carbons (Fsp3) is 0.280. The van der Waals surface area contributed by atoms with Gasteiger partial charge in [-0.25, -0.2) is 0 Å². The van der Waals surface area contributed by atoms with Crippen molar-refractivity contribution in [1.82, 2.24) is 0 Å². The summed E-state index contributed by atoms with van der Waals surface area (Å²) >= 11 is 0. The summed E-state index contributed by atoms with van der Waals surface area (Å²) in [5.41, 5.74) is 2.18. The molecular formula is C25H29NO3. The second-order valence-corrected chi connectivity index (χ2v) is 6.85. The molecule has 0 aromatic heterocycles. The number of aryl methyl sites for hydroxylation is 1. The van der Waals surface area contributed by atoms with Crippen molar-refractivity contribution in [2.24, 2.45) is 0 Å². The van der Waals surface area contributed by atoms with E-state index in [-0.39, 0.29) is 6.10 Å². The maximum absolute atomic E-state index is 6.10. The summed E-state index contributed by atoms with van der Waals surface area (Å²) in [5.74, 6) is 2.56. The molecule has 0 aliphatic carbocycles. The van der Waals surface area contributed by atoms with Crippen molar-refractivity contribution in [3.05, 3.63) is 84.4 Å². The third-order valence-corrected chi connectivity index (χ3v) is 4.54. The topological polar surface area (TPSA) is 39.7 Å². The Hall–Kier alpha value is -3.14. The highest BCUT2D eigenvalue weighted by molar-refractivity contribution is 5.56. The predicted octanol–water partition coefficient (Wildman–Crippen LogP) is 5.72. The number of para-hydroxylation sites is 3. The van der Waals surface area contributed by atoms with Crippen molar-refractivity contribution in [3.63, 3.8) is 0 Å². The fourth-order valence-electron chi connectivity index (χ4n) is 2.87. The summed E-state index contributed by atoms with van der Waals surface area (Å²) in [7, 11) is 0. The minimum atomic E-state index is 0.0761. The quantitative estimate of drug-likeness (QED) is 0.424. The average Bonchev–Trinajstić information content (AvgIpc) is 2.77. The van der Waals surface area contributed by atoms with Crippen LogP contribution in [0.2, 0.25) is 0 Å². The number of hydrogen-bond donors (Lipinski definition) is 1.